The van der Waals surface area contributed by atoms with Crippen molar-refractivity contribution in [2.75, 3.05) is 11.4 Å². The zero-order chi connectivity index (χ0) is 12.4. The molecular formula is C15H22BrN. The van der Waals surface area contributed by atoms with Gasteiger partial charge in [0.15, 0.2) is 0 Å². The van der Waals surface area contributed by atoms with E-state index in [1.54, 1.807) is 0 Å². The van der Waals surface area contributed by atoms with Crippen LogP contribution in [0.1, 0.15) is 37.8 Å². The number of benzene rings is 1. The Kier molecular flexibility index (Phi) is 4.13. The number of anilines is 1. The molecule has 0 aliphatic carbocycles. The highest BCUT2D eigenvalue weighted by atomic mass is 79.9. The minimum absolute atomic E-state index is 0.718. The molecule has 2 rings (SSSR count). The first-order valence-electron chi connectivity index (χ1n) is 6.55. The van der Waals surface area contributed by atoms with Gasteiger partial charge in [0.1, 0.15) is 0 Å². The number of halogens is 1. The lowest BCUT2D eigenvalue weighted by atomic mass is 10.0. The van der Waals surface area contributed by atoms with Gasteiger partial charge in [0.25, 0.3) is 0 Å². The van der Waals surface area contributed by atoms with Crippen LogP contribution in [-0.4, -0.2) is 12.6 Å². The van der Waals surface area contributed by atoms with E-state index in [4.69, 9.17) is 0 Å². The molecule has 1 atom stereocenters. The SMILES string of the molecule is Cc1ccc(N2CCCC2C(C)C)c(CBr)c1. The monoisotopic (exact) mass is 295 g/mol. The molecule has 0 aromatic heterocycles. The van der Waals surface area contributed by atoms with Crippen LogP contribution >= 0.6 is 15.9 Å². The van der Waals surface area contributed by atoms with Crippen LogP contribution in [0.4, 0.5) is 5.69 Å². The zero-order valence-electron chi connectivity index (χ0n) is 11.0. The molecule has 1 fully saturated rings. The summed E-state index contributed by atoms with van der Waals surface area (Å²) in [4.78, 5) is 2.61. The van der Waals surface area contributed by atoms with E-state index in [0.29, 0.717) is 0 Å². The summed E-state index contributed by atoms with van der Waals surface area (Å²) >= 11 is 3.62. The number of aryl methyl sites for hydroxylation is 1. The molecule has 2 heteroatoms. The largest absolute Gasteiger partial charge is 0.368 e. The van der Waals surface area contributed by atoms with E-state index in [0.717, 1.165) is 17.3 Å². The Morgan fingerprint density at radius 3 is 2.82 bits per heavy atom. The third-order valence-electron chi connectivity index (χ3n) is 3.76. The fourth-order valence-electron chi connectivity index (χ4n) is 2.89. The molecule has 0 N–H and O–H groups in total. The molecule has 0 spiro atoms. The van der Waals surface area contributed by atoms with Gasteiger partial charge in [-0.05, 0) is 37.3 Å². The van der Waals surface area contributed by atoms with Crippen LogP contribution < -0.4 is 4.90 Å². The Morgan fingerprint density at radius 2 is 2.18 bits per heavy atom. The standard InChI is InChI=1S/C15H22BrN/c1-11(2)14-5-4-8-17(14)15-7-6-12(3)9-13(15)10-16/h6-7,9,11,14H,4-5,8,10H2,1-3H3. The van der Waals surface area contributed by atoms with Crippen molar-refractivity contribution in [2.45, 2.75) is 45.0 Å². The fourth-order valence-corrected chi connectivity index (χ4v) is 3.34. The molecule has 1 aliphatic heterocycles. The summed E-state index contributed by atoms with van der Waals surface area (Å²) in [7, 11) is 0. The molecular weight excluding hydrogens is 274 g/mol. The van der Waals surface area contributed by atoms with Gasteiger partial charge in [0.2, 0.25) is 0 Å². The average molecular weight is 296 g/mol. The van der Waals surface area contributed by atoms with Crippen LogP contribution in [0.15, 0.2) is 18.2 Å². The molecule has 1 aliphatic rings. The summed E-state index contributed by atoms with van der Waals surface area (Å²) in [5.41, 5.74) is 4.21. The Bertz CT molecular complexity index is 387. The Labute approximate surface area is 113 Å². The smallest absolute Gasteiger partial charge is 0.0410 e. The van der Waals surface area contributed by atoms with Gasteiger partial charge in [-0.1, -0.05) is 47.5 Å². The molecule has 1 aromatic rings. The lowest BCUT2D eigenvalue weighted by Gasteiger charge is -2.31. The minimum Gasteiger partial charge on any atom is -0.368 e. The number of hydrogen-bond donors (Lipinski definition) is 0. The summed E-state index contributed by atoms with van der Waals surface area (Å²) in [6.07, 6.45) is 2.67. The summed E-state index contributed by atoms with van der Waals surface area (Å²) in [6, 6.07) is 7.55. The Morgan fingerprint density at radius 1 is 1.41 bits per heavy atom. The molecule has 1 unspecified atom stereocenters. The molecule has 1 heterocycles. The van der Waals surface area contributed by atoms with Crippen molar-refractivity contribution in [3.05, 3.63) is 29.3 Å². The highest BCUT2D eigenvalue weighted by Crippen LogP contribution is 2.33. The van der Waals surface area contributed by atoms with Gasteiger partial charge < -0.3 is 4.90 Å². The number of hydrogen-bond acceptors (Lipinski definition) is 1. The normalized spacial score (nSPS) is 20.3. The van der Waals surface area contributed by atoms with Gasteiger partial charge in [0.05, 0.1) is 0 Å². The predicted molar refractivity (Wildman–Crippen MR) is 79.0 cm³/mol. The molecule has 1 saturated heterocycles. The van der Waals surface area contributed by atoms with E-state index in [1.165, 1.54) is 36.2 Å². The maximum Gasteiger partial charge on any atom is 0.0410 e. The van der Waals surface area contributed by atoms with Crippen molar-refractivity contribution >= 4 is 21.6 Å². The molecule has 1 aromatic carbocycles. The van der Waals surface area contributed by atoms with E-state index < -0.39 is 0 Å². The second kappa shape index (κ2) is 5.43. The third-order valence-corrected chi connectivity index (χ3v) is 4.36. The van der Waals surface area contributed by atoms with Crippen molar-refractivity contribution in [1.82, 2.24) is 0 Å². The first kappa shape index (κ1) is 12.9. The number of alkyl halides is 1. The Hall–Kier alpha value is -0.500. The Balaban J connectivity index is 2.32. The summed E-state index contributed by atoms with van der Waals surface area (Å²) in [5.74, 6) is 0.738. The maximum absolute atomic E-state index is 3.62. The zero-order valence-corrected chi connectivity index (χ0v) is 12.6. The van der Waals surface area contributed by atoms with Crippen molar-refractivity contribution in [3.8, 4) is 0 Å². The van der Waals surface area contributed by atoms with E-state index in [1.807, 2.05) is 0 Å². The van der Waals surface area contributed by atoms with E-state index in [2.05, 4.69) is 59.8 Å². The van der Waals surface area contributed by atoms with Gasteiger partial charge in [-0.2, -0.15) is 0 Å². The summed E-state index contributed by atoms with van der Waals surface area (Å²) in [6.45, 7) is 8.06. The second-order valence-corrected chi connectivity index (χ2v) is 5.97. The first-order chi connectivity index (χ1) is 8.13. The molecule has 17 heavy (non-hydrogen) atoms. The van der Waals surface area contributed by atoms with Crippen LogP contribution in [-0.2, 0) is 5.33 Å². The maximum atomic E-state index is 3.62. The van der Waals surface area contributed by atoms with Crippen LogP contribution in [0.5, 0.6) is 0 Å². The molecule has 94 valence electrons. The van der Waals surface area contributed by atoms with Crippen LogP contribution in [0.25, 0.3) is 0 Å². The minimum atomic E-state index is 0.718. The molecule has 0 amide bonds. The van der Waals surface area contributed by atoms with Crippen molar-refractivity contribution < 1.29 is 0 Å². The van der Waals surface area contributed by atoms with E-state index in [9.17, 15) is 0 Å². The van der Waals surface area contributed by atoms with Crippen molar-refractivity contribution in [3.63, 3.8) is 0 Å². The molecule has 0 bridgehead atoms. The first-order valence-corrected chi connectivity index (χ1v) is 7.67. The van der Waals surface area contributed by atoms with Gasteiger partial charge in [-0.3, -0.25) is 0 Å². The highest BCUT2D eigenvalue weighted by molar-refractivity contribution is 9.08. The van der Waals surface area contributed by atoms with E-state index in [-0.39, 0.29) is 0 Å². The van der Waals surface area contributed by atoms with Crippen LogP contribution in [0.2, 0.25) is 0 Å². The lowest BCUT2D eigenvalue weighted by Crippen LogP contribution is -2.33. The average Bonchev–Trinajstić information content (AvgIpc) is 2.77. The van der Waals surface area contributed by atoms with Crippen LogP contribution in [0, 0.1) is 12.8 Å². The predicted octanol–water partition coefficient (Wildman–Crippen LogP) is 4.51. The summed E-state index contributed by atoms with van der Waals surface area (Å²) in [5, 5.41) is 0.950. The number of rotatable bonds is 3. The van der Waals surface area contributed by atoms with E-state index >= 15 is 0 Å². The van der Waals surface area contributed by atoms with Crippen molar-refractivity contribution in [2.24, 2.45) is 5.92 Å². The van der Waals surface area contributed by atoms with Gasteiger partial charge >= 0.3 is 0 Å². The quantitative estimate of drug-likeness (QED) is 0.742. The van der Waals surface area contributed by atoms with Crippen molar-refractivity contribution in [1.29, 1.82) is 0 Å². The van der Waals surface area contributed by atoms with Gasteiger partial charge in [0, 0.05) is 23.6 Å². The topological polar surface area (TPSA) is 3.24 Å². The summed E-state index contributed by atoms with van der Waals surface area (Å²) < 4.78 is 0. The highest BCUT2D eigenvalue weighted by Gasteiger charge is 2.28. The molecule has 1 nitrogen and oxygen atoms in total. The van der Waals surface area contributed by atoms with Gasteiger partial charge in [-0.15, -0.1) is 0 Å². The number of nitrogens with zero attached hydrogens (tertiary/aromatic N) is 1. The fraction of sp³-hybridized carbons (Fsp3) is 0.600. The molecule has 0 saturated carbocycles. The third kappa shape index (κ3) is 2.67. The second-order valence-electron chi connectivity index (χ2n) is 5.41. The molecule has 0 radical (unpaired) electrons. The van der Waals surface area contributed by atoms with Crippen LogP contribution in [0.3, 0.4) is 0 Å². The van der Waals surface area contributed by atoms with Gasteiger partial charge in [-0.25, -0.2) is 0 Å². The lowest BCUT2D eigenvalue weighted by molar-refractivity contribution is 0.491.